The Morgan fingerprint density at radius 2 is 2.27 bits per heavy atom. The van der Waals surface area contributed by atoms with Crippen molar-refractivity contribution in [1.29, 1.82) is 0 Å². The third kappa shape index (κ3) is 5.25. The number of hydrogen-bond acceptors (Lipinski definition) is 4. The van der Waals surface area contributed by atoms with Gasteiger partial charge in [-0.1, -0.05) is 0 Å². The van der Waals surface area contributed by atoms with Crippen LogP contribution in [0.25, 0.3) is 0 Å². The van der Waals surface area contributed by atoms with Gasteiger partial charge in [-0.2, -0.15) is 0 Å². The zero-order valence-electron chi connectivity index (χ0n) is 13.4. The highest BCUT2D eigenvalue weighted by Gasteiger charge is 2.31. The SMILES string of the molecule is CC(C)(C)OC(=O)N1CCCC1CNCc1cncc(Br)c1. The Kier molecular flexibility index (Phi) is 5.81. The zero-order chi connectivity index (χ0) is 16.2. The molecule has 0 spiro atoms. The van der Waals surface area contributed by atoms with Gasteiger partial charge in [-0.25, -0.2) is 4.79 Å². The predicted molar refractivity (Wildman–Crippen MR) is 89.6 cm³/mol. The molecule has 2 heterocycles. The van der Waals surface area contributed by atoms with Gasteiger partial charge in [-0.3, -0.25) is 4.98 Å². The first-order chi connectivity index (χ1) is 10.3. The fourth-order valence-electron chi connectivity index (χ4n) is 2.54. The lowest BCUT2D eigenvalue weighted by Crippen LogP contribution is -2.44. The number of amides is 1. The second kappa shape index (κ2) is 7.42. The number of halogens is 1. The van der Waals surface area contributed by atoms with Crippen molar-refractivity contribution < 1.29 is 9.53 Å². The van der Waals surface area contributed by atoms with Crippen LogP contribution in [0.5, 0.6) is 0 Å². The third-order valence-corrected chi connectivity index (χ3v) is 3.91. The number of likely N-dealkylation sites (tertiary alicyclic amines) is 1. The molecule has 2 rings (SSSR count). The Morgan fingerprint density at radius 3 is 2.95 bits per heavy atom. The Morgan fingerprint density at radius 1 is 1.50 bits per heavy atom. The van der Waals surface area contributed by atoms with Crippen LogP contribution in [0.15, 0.2) is 22.9 Å². The molecule has 1 atom stereocenters. The summed E-state index contributed by atoms with van der Waals surface area (Å²) in [5.74, 6) is 0. The minimum Gasteiger partial charge on any atom is -0.444 e. The van der Waals surface area contributed by atoms with E-state index in [1.165, 1.54) is 0 Å². The largest absolute Gasteiger partial charge is 0.444 e. The van der Waals surface area contributed by atoms with Crippen LogP contribution >= 0.6 is 15.9 Å². The van der Waals surface area contributed by atoms with E-state index in [9.17, 15) is 4.79 Å². The second-order valence-electron chi connectivity index (χ2n) is 6.61. The van der Waals surface area contributed by atoms with Crippen molar-refractivity contribution in [2.24, 2.45) is 0 Å². The van der Waals surface area contributed by atoms with Gasteiger partial charge in [0.25, 0.3) is 0 Å². The number of nitrogens with one attached hydrogen (secondary N) is 1. The molecule has 1 aromatic rings. The minimum atomic E-state index is -0.445. The van der Waals surface area contributed by atoms with Crippen LogP contribution < -0.4 is 5.32 Å². The van der Waals surface area contributed by atoms with Crippen LogP contribution in [-0.2, 0) is 11.3 Å². The van der Waals surface area contributed by atoms with Gasteiger partial charge in [0, 0.05) is 42.5 Å². The van der Waals surface area contributed by atoms with Crippen molar-refractivity contribution in [3.8, 4) is 0 Å². The smallest absolute Gasteiger partial charge is 0.410 e. The molecule has 0 radical (unpaired) electrons. The summed E-state index contributed by atoms with van der Waals surface area (Å²) in [7, 11) is 0. The number of rotatable bonds is 4. The molecule has 1 saturated heterocycles. The highest BCUT2D eigenvalue weighted by molar-refractivity contribution is 9.10. The molecule has 1 N–H and O–H groups in total. The number of carbonyl (C=O) groups is 1. The third-order valence-electron chi connectivity index (χ3n) is 3.48. The van der Waals surface area contributed by atoms with E-state index >= 15 is 0 Å². The fourth-order valence-corrected chi connectivity index (χ4v) is 2.96. The lowest BCUT2D eigenvalue weighted by Gasteiger charge is -2.28. The van der Waals surface area contributed by atoms with Crippen LogP contribution in [-0.4, -0.2) is 40.7 Å². The quantitative estimate of drug-likeness (QED) is 0.883. The van der Waals surface area contributed by atoms with Gasteiger partial charge in [0.1, 0.15) is 5.60 Å². The van der Waals surface area contributed by atoms with Gasteiger partial charge in [-0.05, 0) is 61.2 Å². The Labute approximate surface area is 140 Å². The van der Waals surface area contributed by atoms with Crippen LogP contribution in [0.1, 0.15) is 39.2 Å². The van der Waals surface area contributed by atoms with Crippen molar-refractivity contribution >= 4 is 22.0 Å². The minimum absolute atomic E-state index is 0.204. The van der Waals surface area contributed by atoms with Gasteiger partial charge in [-0.15, -0.1) is 0 Å². The monoisotopic (exact) mass is 369 g/mol. The average Bonchev–Trinajstić information content (AvgIpc) is 2.85. The number of aromatic nitrogens is 1. The molecule has 1 amide bonds. The standard InChI is InChI=1S/C16H24BrN3O2/c1-16(2,3)22-15(21)20-6-4-5-14(20)11-19-9-12-7-13(17)10-18-8-12/h7-8,10,14,19H,4-6,9,11H2,1-3H3. The molecule has 122 valence electrons. The number of carbonyl (C=O) groups excluding carboxylic acids is 1. The number of pyridine rings is 1. The molecule has 1 aliphatic rings. The molecule has 1 unspecified atom stereocenters. The van der Waals surface area contributed by atoms with Gasteiger partial charge in [0.15, 0.2) is 0 Å². The second-order valence-corrected chi connectivity index (χ2v) is 7.53. The summed E-state index contributed by atoms with van der Waals surface area (Å²) < 4.78 is 6.45. The zero-order valence-corrected chi connectivity index (χ0v) is 15.0. The summed E-state index contributed by atoms with van der Waals surface area (Å²) in [6.07, 6.45) is 5.45. The highest BCUT2D eigenvalue weighted by atomic mass is 79.9. The summed E-state index contributed by atoms with van der Waals surface area (Å²) in [5.41, 5.74) is 0.677. The van der Waals surface area contributed by atoms with E-state index in [0.717, 1.165) is 42.5 Å². The summed E-state index contributed by atoms with van der Waals surface area (Å²) in [6, 6.07) is 2.25. The summed E-state index contributed by atoms with van der Waals surface area (Å²) >= 11 is 3.42. The van der Waals surface area contributed by atoms with Gasteiger partial charge < -0.3 is 15.0 Å². The van der Waals surface area contributed by atoms with Crippen molar-refractivity contribution in [2.45, 2.75) is 51.8 Å². The summed E-state index contributed by atoms with van der Waals surface area (Å²) in [4.78, 5) is 18.2. The molecule has 0 aliphatic carbocycles. The molecule has 0 aromatic carbocycles. The van der Waals surface area contributed by atoms with Gasteiger partial charge >= 0.3 is 6.09 Å². The Bertz CT molecular complexity index is 516. The maximum absolute atomic E-state index is 12.2. The first-order valence-electron chi connectivity index (χ1n) is 7.65. The van der Waals surface area contributed by atoms with Crippen molar-refractivity contribution in [3.63, 3.8) is 0 Å². The van der Waals surface area contributed by atoms with Crippen LogP contribution in [0.2, 0.25) is 0 Å². The maximum Gasteiger partial charge on any atom is 0.410 e. The maximum atomic E-state index is 12.2. The number of nitrogens with zero attached hydrogens (tertiary/aromatic N) is 2. The highest BCUT2D eigenvalue weighted by Crippen LogP contribution is 2.20. The number of ether oxygens (including phenoxy) is 1. The van der Waals surface area contributed by atoms with E-state index < -0.39 is 5.60 Å². The van der Waals surface area contributed by atoms with Crippen LogP contribution in [0.3, 0.4) is 0 Å². The Hall–Kier alpha value is -1.14. The Balaban J connectivity index is 1.82. The van der Waals surface area contributed by atoms with Crippen LogP contribution in [0.4, 0.5) is 4.79 Å². The molecular weight excluding hydrogens is 346 g/mol. The van der Waals surface area contributed by atoms with Crippen molar-refractivity contribution in [3.05, 3.63) is 28.5 Å². The summed E-state index contributed by atoms with van der Waals surface area (Å²) in [6.45, 7) is 7.98. The molecule has 22 heavy (non-hydrogen) atoms. The van der Waals surface area contributed by atoms with E-state index in [0.29, 0.717) is 0 Å². The van der Waals surface area contributed by atoms with E-state index in [-0.39, 0.29) is 12.1 Å². The lowest BCUT2D eigenvalue weighted by atomic mass is 10.2. The fraction of sp³-hybridized carbons (Fsp3) is 0.625. The molecule has 6 heteroatoms. The van der Waals surface area contributed by atoms with Gasteiger partial charge in [0.05, 0.1) is 0 Å². The van der Waals surface area contributed by atoms with E-state index in [2.05, 4.69) is 26.2 Å². The molecule has 1 fully saturated rings. The predicted octanol–water partition coefficient (Wildman–Crippen LogP) is 3.33. The van der Waals surface area contributed by atoms with Gasteiger partial charge in [0.2, 0.25) is 0 Å². The molecule has 0 saturated carbocycles. The van der Waals surface area contributed by atoms with Crippen molar-refractivity contribution in [1.82, 2.24) is 15.2 Å². The average molecular weight is 370 g/mol. The first-order valence-corrected chi connectivity index (χ1v) is 8.44. The topological polar surface area (TPSA) is 54.5 Å². The molecule has 0 bridgehead atoms. The molecule has 1 aliphatic heterocycles. The molecule has 1 aromatic heterocycles. The first kappa shape index (κ1) is 17.2. The van der Waals surface area contributed by atoms with E-state index in [4.69, 9.17) is 4.74 Å². The molecule has 5 nitrogen and oxygen atoms in total. The van der Waals surface area contributed by atoms with E-state index in [1.54, 1.807) is 6.20 Å². The van der Waals surface area contributed by atoms with Crippen molar-refractivity contribution in [2.75, 3.05) is 13.1 Å². The van der Waals surface area contributed by atoms with Crippen LogP contribution in [0, 0.1) is 0 Å². The summed E-state index contributed by atoms with van der Waals surface area (Å²) in [5, 5.41) is 3.41. The number of hydrogen-bond donors (Lipinski definition) is 1. The molecular formula is C16H24BrN3O2. The lowest BCUT2D eigenvalue weighted by molar-refractivity contribution is 0.0226. The van der Waals surface area contributed by atoms with E-state index in [1.807, 2.05) is 37.9 Å². The normalized spacial score (nSPS) is 18.5.